The van der Waals surface area contributed by atoms with Gasteiger partial charge >= 0.3 is 0 Å². The number of ether oxygens (including phenoxy) is 2. The van der Waals surface area contributed by atoms with Crippen LogP contribution >= 0.6 is 0 Å². The highest BCUT2D eigenvalue weighted by Gasteiger charge is 2.28. The van der Waals surface area contributed by atoms with Crippen LogP contribution in [0.2, 0.25) is 0 Å². The Hall–Kier alpha value is -1.14. The first-order valence-corrected chi connectivity index (χ1v) is 6.22. The number of amides is 2. The summed E-state index contributed by atoms with van der Waals surface area (Å²) in [6, 6.07) is 0. The summed E-state index contributed by atoms with van der Waals surface area (Å²) < 4.78 is 10.4. The number of methoxy groups -OCH3 is 1. The van der Waals surface area contributed by atoms with Crippen LogP contribution in [0.15, 0.2) is 0 Å². The molecule has 0 saturated carbocycles. The zero-order valence-electron chi connectivity index (χ0n) is 11.3. The molecule has 1 saturated heterocycles. The van der Waals surface area contributed by atoms with Crippen LogP contribution in [0, 0.1) is 0 Å². The first-order chi connectivity index (χ1) is 8.58. The van der Waals surface area contributed by atoms with E-state index in [4.69, 9.17) is 9.47 Å². The zero-order chi connectivity index (χ0) is 13.5. The predicted molar refractivity (Wildman–Crippen MR) is 66.1 cm³/mol. The van der Waals surface area contributed by atoms with Gasteiger partial charge in [0.2, 0.25) is 5.91 Å². The molecule has 1 aliphatic rings. The Kier molecular flexibility index (Phi) is 6.07. The summed E-state index contributed by atoms with van der Waals surface area (Å²) in [6.45, 7) is 3.22. The van der Waals surface area contributed by atoms with E-state index in [1.165, 1.54) is 0 Å². The average Bonchev–Trinajstić information content (AvgIpc) is 2.43. The molecule has 1 fully saturated rings. The Labute approximate surface area is 108 Å². The normalized spacial score (nSPS) is 21.5. The van der Waals surface area contributed by atoms with Crippen molar-refractivity contribution in [3.05, 3.63) is 0 Å². The van der Waals surface area contributed by atoms with Gasteiger partial charge in [-0.15, -0.1) is 0 Å². The van der Waals surface area contributed by atoms with Crippen molar-refractivity contribution in [2.45, 2.75) is 32.0 Å². The molecule has 6 heteroatoms. The maximum atomic E-state index is 12.0. The van der Waals surface area contributed by atoms with Crippen molar-refractivity contribution in [3.8, 4) is 0 Å². The number of hydrogen-bond acceptors (Lipinski definition) is 4. The standard InChI is InChI=1S/C12H22N2O4/c1-9(17-3)4-5-11(15)14-6-7-18-10(8-14)12(16)13-2/h9-10H,4-8H2,1-3H3,(H,13,16). The minimum atomic E-state index is -0.549. The Morgan fingerprint density at radius 3 is 2.89 bits per heavy atom. The lowest BCUT2D eigenvalue weighted by atomic mass is 10.2. The van der Waals surface area contributed by atoms with Crippen molar-refractivity contribution in [3.63, 3.8) is 0 Å². The first-order valence-electron chi connectivity index (χ1n) is 6.22. The van der Waals surface area contributed by atoms with Crippen molar-refractivity contribution in [1.29, 1.82) is 0 Å². The van der Waals surface area contributed by atoms with Crippen molar-refractivity contribution >= 4 is 11.8 Å². The molecule has 2 atom stereocenters. The van der Waals surface area contributed by atoms with Crippen molar-refractivity contribution in [2.24, 2.45) is 0 Å². The van der Waals surface area contributed by atoms with Crippen LogP contribution in [0.5, 0.6) is 0 Å². The van der Waals surface area contributed by atoms with Gasteiger partial charge in [0.1, 0.15) is 0 Å². The molecule has 1 aliphatic heterocycles. The molecule has 1 N–H and O–H groups in total. The highest BCUT2D eigenvalue weighted by atomic mass is 16.5. The lowest BCUT2D eigenvalue weighted by Crippen LogP contribution is -2.51. The molecule has 0 radical (unpaired) electrons. The van der Waals surface area contributed by atoms with E-state index in [2.05, 4.69) is 5.32 Å². The fourth-order valence-corrected chi connectivity index (χ4v) is 1.80. The topological polar surface area (TPSA) is 67.9 Å². The molecular formula is C12H22N2O4. The molecule has 0 aromatic rings. The third-order valence-corrected chi connectivity index (χ3v) is 3.13. The summed E-state index contributed by atoms with van der Waals surface area (Å²) in [4.78, 5) is 25.1. The summed E-state index contributed by atoms with van der Waals surface area (Å²) >= 11 is 0. The second-order valence-electron chi connectivity index (χ2n) is 4.40. The zero-order valence-corrected chi connectivity index (χ0v) is 11.3. The monoisotopic (exact) mass is 258 g/mol. The molecule has 0 aromatic carbocycles. The van der Waals surface area contributed by atoms with Gasteiger partial charge in [-0.25, -0.2) is 0 Å². The summed E-state index contributed by atoms with van der Waals surface area (Å²) in [5, 5.41) is 2.53. The van der Waals surface area contributed by atoms with Crippen LogP contribution in [-0.2, 0) is 19.1 Å². The number of morpholine rings is 1. The molecule has 2 amide bonds. The molecule has 1 rings (SSSR count). The number of hydrogen-bond donors (Lipinski definition) is 1. The summed E-state index contributed by atoms with van der Waals surface area (Å²) in [5.74, 6) is -0.131. The van der Waals surface area contributed by atoms with E-state index in [1.54, 1.807) is 19.1 Å². The van der Waals surface area contributed by atoms with Gasteiger partial charge in [0.15, 0.2) is 6.10 Å². The Morgan fingerprint density at radius 1 is 1.56 bits per heavy atom. The van der Waals surface area contributed by atoms with Gasteiger partial charge in [0.05, 0.1) is 19.3 Å². The quantitative estimate of drug-likeness (QED) is 0.740. The maximum Gasteiger partial charge on any atom is 0.250 e. The molecule has 18 heavy (non-hydrogen) atoms. The number of nitrogens with one attached hydrogen (secondary N) is 1. The number of rotatable bonds is 5. The lowest BCUT2D eigenvalue weighted by Gasteiger charge is -2.32. The highest BCUT2D eigenvalue weighted by molar-refractivity contribution is 5.82. The number of carbonyl (C=O) groups is 2. The molecular weight excluding hydrogens is 236 g/mol. The number of carbonyl (C=O) groups excluding carboxylic acids is 2. The molecule has 0 aromatic heterocycles. The van der Waals surface area contributed by atoms with E-state index in [9.17, 15) is 9.59 Å². The van der Waals surface area contributed by atoms with Crippen molar-refractivity contribution in [1.82, 2.24) is 10.2 Å². The minimum absolute atomic E-state index is 0.0519. The second-order valence-corrected chi connectivity index (χ2v) is 4.40. The van der Waals surface area contributed by atoms with Crippen molar-refractivity contribution < 1.29 is 19.1 Å². The third-order valence-electron chi connectivity index (χ3n) is 3.13. The predicted octanol–water partition coefficient (Wildman–Crippen LogP) is -0.225. The maximum absolute atomic E-state index is 12.0. The second kappa shape index (κ2) is 7.33. The van der Waals surface area contributed by atoms with E-state index in [1.807, 2.05) is 6.92 Å². The first kappa shape index (κ1) is 14.9. The average molecular weight is 258 g/mol. The van der Waals surface area contributed by atoms with Gasteiger partial charge in [0.25, 0.3) is 5.91 Å². The van der Waals surface area contributed by atoms with Gasteiger partial charge in [-0.05, 0) is 13.3 Å². The Bertz CT molecular complexity index is 296. The van der Waals surface area contributed by atoms with E-state index >= 15 is 0 Å². The molecule has 0 spiro atoms. The lowest BCUT2D eigenvalue weighted by molar-refractivity contribution is -0.147. The van der Waals surface area contributed by atoms with Gasteiger partial charge < -0.3 is 19.7 Å². The molecule has 0 bridgehead atoms. The van der Waals surface area contributed by atoms with Crippen LogP contribution in [0.1, 0.15) is 19.8 Å². The van der Waals surface area contributed by atoms with E-state index in [0.29, 0.717) is 32.5 Å². The van der Waals surface area contributed by atoms with E-state index < -0.39 is 6.10 Å². The highest BCUT2D eigenvalue weighted by Crippen LogP contribution is 2.09. The SMILES string of the molecule is CNC(=O)C1CN(C(=O)CCC(C)OC)CCO1. The van der Waals surface area contributed by atoms with Crippen LogP contribution in [-0.4, -0.2) is 62.8 Å². The summed E-state index contributed by atoms with van der Waals surface area (Å²) in [5.41, 5.74) is 0. The fourth-order valence-electron chi connectivity index (χ4n) is 1.80. The van der Waals surface area contributed by atoms with Crippen molar-refractivity contribution in [2.75, 3.05) is 33.9 Å². The molecule has 6 nitrogen and oxygen atoms in total. The molecule has 0 aliphatic carbocycles. The van der Waals surface area contributed by atoms with E-state index in [-0.39, 0.29) is 17.9 Å². The number of nitrogens with zero attached hydrogens (tertiary/aromatic N) is 1. The van der Waals surface area contributed by atoms with Gasteiger partial charge in [-0.2, -0.15) is 0 Å². The third kappa shape index (κ3) is 4.27. The molecule has 104 valence electrons. The number of likely N-dealkylation sites (N-methyl/N-ethyl adjacent to an activating group) is 1. The van der Waals surface area contributed by atoms with Gasteiger partial charge in [0, 0.05) is 27.1 Å². The fraction of sp³-hybridized carbons (Fsp3) is 0.833. The van der Waals surface area contributed by atoms with Gasteiger partial charge in [-0.1, -0.05) is 0 Å². The largest absolute Gasteiger partial charge is 0.382 e. The van der Waals surface area contributed by atoms with Crippen LogP contribution < -0.4 is 5.32 Å². The summed E-state index contributed by atoms with van der Waals surface area (Å²) in [7, 11) is 3.19. The van der Waals surface area contributed by atoms with E-state index in [0.717, 1.165) is 0 Å². The van der Waals surface area contributed by atoms with Crippen LogP contribution in [0.4, 0.5) is 0 Å². The summed E-state index contributed by atoms with van der Waals surface area (Å²) in [6.07, 6.45) is 0.657. The Morgan fingerprint density at radius 2 is 2.28 bits per heavy atom. The minimum Gasteiger partial charge on any atom is -0.382 e. The smallest absolute Gasteiger partial charge is 0.250 e. The Balaban J connectivity index is 2.41. The molecule has 1 heterocycles. The van der Waals surface area contributed by atoms with Crippen LogP contribution in [0.25, 0.3) is 0 Å². The molecule has 2 unspecified atom stereocenters. The van der Waals surface area contributed by atoms with Crippen LogP contribution in [0.3, 0.4) is 0 Å². The van der Waals surface area contributed by atoms with Gasteiger partial charge in [-0.3, -0.25) is 9.59 Å².